The molecule has 0 aliphatic rings. The Hall–Kier alpha value is -2.77. The molecular formula is C18H13N3O2S2. The summed E-state index contributed by atoms with van der Waals surface area (Å²) >= 11 is 3.16. The first-order valence-corrected chi connectivity index (χ1v) is 9.39. The molecule has 0 aromatic carbocycles. The summed E-state index contributed by atoms with van der Waals surface area (Å²) in [6.45, 7) is 0.374. The Balaban J connectivity index is 1.48. The second kappa shape index (κ2) is 7.00. The van der Waals surface area contributed by atoms with Crippen molar-refractivity contribution < 1.29 is 9.32 Å². The first kappa shape index (κ1) is 15.7. The molecule has 0 atom stereocenters. The zero-order chi connectivity index (χ0) is 17.1. The van der Waals surface area contributed by atoms with Gasteiger partial charge in [0.05, 0.1) is 10.6 Å². The summed E-state index contributed by atoms with van der Waals surface area (Å²) in [5.74, 6) is 0.326. The summed E-state index contributed by atoms with van der Waals surface area (Å²) in [5.41, 5.74) is 3.15. The molecule has 0 aliphatic carbocycles. The largest absolute Gasteiger partial charge is 0.355 e. The number of hydrogen-bond acceptors (Lipinski definition) is 6. The van der Waals surface area contributed by atoms with E-state index in [1.54, 1.807) is 23.6 Å². The van der Waals surface area contributed by atoms with E-state index in [-0.39, 0.29) is 11.6 Å². The van der Waals surface area contributed by atoms with Gasteiger partial charge in [0.25, 0.3) is 5.91 Å². The molecule has 1 N–H and O–H groups in total. The van der Waals surface area contributed by atoms with Gasteiger partial charge in [-0.25, -0.2) is 0 Å². The fraction of sp³-hybridized carbons (Fsp3) is 0.0556. The lowest BCUT2D eigenvalue weighted by Gasteiger charge is -2.07. The first-order chi connectivity index (χ1) is 12.3. The van der Waals surface area contributed by atoms with Crippen molar-refractivity contribution in [1.29, 1.82) is 0 Å². The number of thiophene rings is 2. The van der Waals surface area contributed by atoms with Crippen LogP contribution in [0.25, 0.3) is 21.9 Å². The van der Waals surface area contributed by atoms with Crippen molar-refractivity contribution >= 4 is 28.6 Å². The Bertz CT molecular complexity index is 976. The zero-order valence-electron chi connectivity index (χ0n) is 13.0. The number of nitrogens with zero attached hydrogens (tertiary/aromatic N) is 2. The fourth-order valence-electron chi connectivity index (χ4n) is 2.42. The van der Waals surface area contributed by atoms with E-state index in [4.69, 9.17) is 4.52 Å². The number of carbonyl (C=O) groups is 1. The van der Waals surface area contributed by atoms with Gasteiger partial charge in [-0.15, -0.1) is 11.3 Å². The van der Waals surface area contributed by atoms with Gasteiger partial charge in [0, 0.05) is 29.8 Å². The molecular weight excluding hydrogens is 354 g/mol. The van der Waals surface area contributed by atoms with Crippen LogP contribution in [-0.4, -0.2) is 16.0 Å². The molecule has 0 bridgehead atoms. The van der Waals surface area contributed by atoms with Crippen molar-refractivity contribution in [3.63, 3.8) is 0 Å². The van der Waals surface area contributed by atoms with Crippen molar-refractivity contribution in [2.45, 2.75) is 6.54 Å². The predicted molar refractivity (Wildman–Crippen MR) is 98.5 cm³/mol. The van der Waals surface area contributed by atoms with Crippen molar-refractivity contribution in [1.82, 2.24) is 15.5 Å². The molecule has 25 heavy (non-hydrogen) atoms. The molecule has 0 unspecified atom stereocenters. The molecule has 0 radical (unpaired) electrons. The van der Waals surface area contributed by atoms with Crippen LogP contribution in [0.5, 0.6) is 0 Å². The van der Waals surface area contributed by atoms with E-state index in [1.165, 1.54) is 11.3 Å². The van der Waals surface area contributed by atoms with Gasteiger partial charge in [-0.3, -0.25) is 9.78 Å². The van der Waals surface area contributed by atoms with Gasteiger partial charge in [0.15, 0.2) is 11.5 Å². The summed E-state index contributed by atoms with van der Waals surface area (Å²) in [5, 5.41) is 12.7. The Morgan fingerprint density at radius 1 is 1.20 bits per heavy atom. The van der Waals surface area contributed by atoms with Gasteiger partial charge in [0.1, 0.15) is 0 Å². The van der Waals surface area contributed by atoms with Gasteiger partial charge in [0.2, 0.25) is 0 Å². The molecule has 4 rings (SSSR count). The molecule has 4 aromatic heterocycles. The number of carbonyl (C=O) groups excluding carboxylic acids is 1. The number of pyridine rings is 1. The molecule has 0 aliphatic heterocycles. The van der Waals surface area contributed by atoms with E-state index < -0.39 is 0 Å². The first-order valence-electron chi connectivity index (χ1n) is 7.56. The van der Waals surface area contributed by atoms with Crippen molar-refractivity contribution in [3.05, 3.63) is 70.0 Å². The number of rotatable bonds is 5. The van der Waals surface area contributed by atoms with Crippen LogP contribution in [0.15, 0.2) is 63.3 Å². The van der Waals surface area contributed by atoms with E-state index >= 15 is 0 Å². The van der Waals surface area contributed by atoms with Gasteiger partial charge in [-0.2, -0.15) is 11.3 Å². The normalized spacial score (nSPS) is 10.7. The number of aromatic nitrogens is 2. The molecule has 0 saturated carbocycles. The maximum absolute atomic E-state index is 12.4. The van der Waals surface area contributed by atoms with Crippen LogP contribution in [0.4, 0.5) is 0 Å². The number of hydrogen-bond donors (Lipinski definition) is 1. The van der Waals surface area contributed by atoms with Crippen LogP contribution in [-0.2, 0) is 6.54 Å². The van der Waals surface area contributed by atoms with E-state index in [1.807, 2.05) is 46.5 Å². The van der Waals surface area contributed by atoms with Crippen LogP contribution in [0.2, 0.25) is 0 Å². The smallest absolute Gasteiger partial charge is 0.273 e. The zero-order valence-corrected chi connectivity index (χ0v) is 14.6. The van der Waals surface area contributed by atoms with E-state index in [2.05, 4.69) is 15.5 Å². The van der Waals surface area contributed by atoms with Crippen molar-refractivity contribution in [2.24, 2.45) is 0 Å². The third kappa shape index (κ3) is 3.38. The highest BCUT2D eigenvalue weighted by Gasteiger charge is 2.15. The molecule has 0 saturated heterocycles. The Labute approximate surface area is 152 Å². The second-order valence-corrected chi connectivity index (χ2v) is 6.99. The van der Waals surface area contributed by atoms with Gasteiger partial charge < -0.3 is 9.84 Å². The lowest BCUT2D eigenvalue weighted by atomic mass is 10.1. The molecule has 0 fully saturated rings. The number of amides is 1. The van der Waals surface area contributed by atoms with Gasteiger partial charge in [-0.1, -0.05) is 17.3 Å². The van der Waals surface area contributed by atoms with Crippen molar-refractivity contribution in [3.8, 4) is 21.9 Å². The van der Waals surface area contributed by atoms with Crippen molar-refractivity contribution in [2.75, 3.05) is 0 Å². The average Bonchev–Trinajstić information content (AvgIpc) is 3.41. The predicted octanol–water partition coefficient (Wildman–Crippen LogP) is 4.46. The quantitative estimate of drug-likeness (QED) is 0.566. The SMILES string of the molecule is O=C(NCc1cccnc1-c1ccsc1)c1cc(-c2cccs2)on1. The molecule has 7 heteroatoms. The van der Waals surface area contributed by atoms with Crippen LogP contribution in [0, 0.1) is 0 Å². The Kier molecular flexibility index (Phi) is 4.41. The topological polar surface area (TPSA) is 68.0 Å². The standard InChI is InChI=1S/C18H13N3O2S2/c22-18(14-9-15(23-21-14)16-4-2-7-25-16)20-10-12-3-1-6-19-17(12)13-5-8-24-11-13/h1-9,11H,10H2,(H,20,22). The average molecular weight is 367 g/mol. The van der Waals surface area contributed by atoms with E-state index in [9.17, 15) is 4.79 Å². The molecule has 0 spiro atoms. The van der Waals surface area contributed by atoms with Crippen LogP contribution in [0.1, 0.15) is 16.1 Å². The minimum Gasteiger partial charge on any atom is -0.355 e. The molecule has 4 aromatic rings. The molecule has 5 nitrogen and oxygen atoms in total. The molecule has 124 valence electrons. The summed E-state index contributed by atoms with van der Waals surface area (Å²) in [6, 6.07) is 11.3. The monoisotopic (exact) mass is 367 g/mol. The highest BCUT2D eigenvalue weighted by molar-refractivity contribution is 7.13. The van der Waals surface area contributed by atoms with E-state index in [0.717, 1.165) is 21.7 Å². The molecule has 1 amide bonds. The van der Waals surface area contributed by atoms with Gasteiger partial charge >= 0.3 is 0 Å². The summed E-state index contributed by atoms with van der Waals surface area (Å²) in [4.78, 5) is 17.7. The number of nitrogens with one attached hydrogen (secondary N) is 1. The second-order valence-electron chi connectivity index (χ2n) is 5.26. The highest BCUT2D eigenvalue weighted by atomic mass is 32.1. The lowest BCUT2D eigenvalue weighted by Crippen LogP contribution is -2.23. The maximum atomic E-state index is 12.4. The van der Waals surface area contributed by atoms with E-state index in [0.29, 0.717) is 12.3 Å². The third-order valence-corrected chi connectivity index (χ3v) is 5.20. The van der Waals surface area contributed by atoms with Crippen LogP contribution >= 0.6 is 22.7 Å². The Morgan fingerprint density at radius 2 is 2.16 bits per heavy atom. The Morgan fingerprint density at radius 3 is 2.96 bits per heavy atom. The minimum absolute atomic E-state index is 0.268. The molecule has 4 heterocycles. The fourth-order valence-corrected chi connectivity index (χ4v) is 3.74. The van der Waals surface area contributed by atoms with Gasteiger partial charge in [-0.05, 0) is 34.5 Å². The summed E-state index contributed by atoms with van der Waals surface area (Å²) in [6.07, 6.45) is 1.75. The third-order valence-electron chi connectivity index (χ3n) is 3.63. The van der Waals surface area contributed by atoms with Crippen LogP contribution in [0.3, 0.4) is 0 Å². The van der Waals surface area contributed by atoms with Crippen LogP contribution < -0.4 is 5.32 Å². The highest BCUT2D eigenvalue weighted by Crippen LogP contribution is 2.25. The maximum Gasteiger partial charge on any atom is 0.273 e. The summed E-state index contributed by atoms with van der Waals surface area (Å²) < 4.78 is 5.25. The summed E-state index contributed by atoms with van der Waals surface area (Å²) in [7, 11) is 0. The minimum atomic E-state index is -0.272. The lowest BCUT2D eigenvalue weighted by molar-refractivity contribution is 0.0942.